The van der Waals surface area contributed by atoms with Gasteiger partial charge in [-0.15, -0.1) is 0 Å². The highest BCUT2D eigenvalue weighted by atomic mass is 35.5. The summed E-state index contributed by atoms with van der Waals surface area (Å²) in [6.07, 6.45) is 0. The van der Waals surface area contributed by atoms with Crippen LogP contribution in [0.5, 0.6) is 5.75 Å². The van der Waals surface area contributed by atoms with Gasteiger partial charge in [0.1, 0.15) is 6.04 Å². The zero-order valence-electron chi connectivity index (χ0n) is 9.37. The molecule has 0 heterocycles. The Kier molecular flexibility index (Phi) is 4.48. The highest BCUT2D eigenvalue weighted by Gasteiger charge is 2.21. The van der Waals surface area contributed by atoms with Crippen molar-refractivity contribution in [2.45, 2.75) is 19.9 Å². The summed E-state index contributed by atoms with van der Waals surface area (Å²) in [6, 6.07) is 2.12. The predicted molar refractivity (Wildman–Crippen MR) is 68.0 cm³/mol. The van der Waals surface area contributed by atoms with Crippen LogP contribution in [0.1, 0.15) is 13.8 Å². The summed E-state index contributed by atoms with van der Waals surface area (Å²) in [4.78, 5) is 11.0. The Morgan fingerprint density at radius 2 is 1.76 bits per heavy atom. The number of hydrogen-bond donors (Lipinski definition) is 3. The third-order valence-corrected chi connectivity index (χ3v) is 2.85. The molecule has 0 saturated heterocycles. The number of carboxylic acids is 1. The molecule has 6 heteroatoms. The molecule has 1 atom stereocenters. The van der Waals surface area contributed by atoms with Crippen molar-refractivity contribution in [1.29, 1.82) is 0 Å². The Labute approximate surface area is 109 Å². The molecule has 1 unspecified atom stereocenters. The summed E-state index contributed by atoms with van der Waals surface area (Å²) in [5, 5.41) is 21.4. The van der Waals surface area contributed by atoms with E-state index in [1.54, 1.807) is 13.8 Å². The lowest BCUT2D eigenvalue weighted by atomic mass is 10.0. The van der Waals surface area contributed by atoms with Gasteiger partial charge in [0.2, 0.25) is 0 Å². The largest absolute Gasteiger partial charge is 0.505 e. The third kappa shape index (κ3) is 3.41. The van der Waals surface area contributed by atoms with Gasteiger partial charge in [0.15, 0.2) is 5.75 Å². The Bertz CT molecular complexity index is 412. The number of phenols is 1. The van der Waals surface area contributed by atoms with Crippen LogP contribution in [0, 0.1) is 5.92 Å². The normalized spacial score (nSPS) is 12.5. The van der Waals surface area contributed by atoms with E-state index in [9.17, 15) is 9.90 Å². The van der Waals surface area contributed by atoms with Crippen LogP contribution < -0.4 is 5.32 Å². The summed E-state index contributed by atoms with van der Waals surface area (Å²) in [7, 11) is 0. The molecule has 0 radical (unpaired) electrons. The Balaban J connectivity index is 2.98. The van der Waals surface area contributed by atoms with E-state index in [2.05, 4.69) is 5.32 Å². The molecule has 4 nitrogen and oxygen atoms in total. The molecular formula is C11H13Cl2NO3. The number of halogens is 2. The number of rotatable bonds is 4. The topological polar surface area (TPSA) is 69.6 Å². The molecular weight excluding hydrogens is 265 g/mol. The van der Waals surface area contributed by atoms with Gasteiger partial charge in [0.05, 0.1) is 10.0 Å². The maximum Gasteiger partial charge on any atom is 0.326 e. The lowest BCUT2D eigenvalue weighted by Gasteiger charge is -2.19. The zero-order chi connectivity index (χ0) is 13.2. The van der Waals surface area contributed by atoms with Gasteiger partial charge in [0, 0.05) is 5.69 Å². The number of benzene rings is 1. The minimum absolute atomic E-state index is 0.0768. The van der Waals surface area contributed by atoms with Gasteiger partial charge in [-0.2, -0.15) is 0 Å². The number of carbonyl (C=O) groups is 1. The summed E-state index contributed by atoms with van der Waals surface area (Å²) in [5.74, 6) is -1.27. The van der Waals surface area contributed by atoms with Crippen molar-refractivity contribution in [1.82, 2.24) is 0 Å². The fourth-order valence-corrected chi connectivity index (χ4v) is 1.83. The average Bonchev–Trinajstić information content (AvgIpc) is 2.21. The monoisotopic (exact) mass is 277 g/mol. The van der Waals surface area contributed by atoms with Crippen LogP contribution in [-0.2, 0) is 4.79 Å². The molecule has 0 aliphatic heterocycles. The fourth-order valence-electron chi connectivity index (χ4n) is 1.34. The molecule has 0 aromatic heterocycles. The van der Waals surface area contributed by atoms with Crippen molar-refractivity contribution in [3.8, 4) is 5.75 Å². The molecule has 3 N–H and O–H groups in total. The van der Waals surface area contributed by atoms with Crippen molar-refractivity contribution >= 4 is 34.9 Å². The van der Waals surface area contributed by atoms with Gasteiger partial charge in [-0.05, 0) is 18.1 Å². The van der Waals surface area contributed by atoms with E-state index in [1.165, 1.54) is 12.1 Å². The van der Waals surface area contributed by atoms with Crippen LogP contribution in [0.25, 0.3) is 0 Å². The van der Waals surface area contributed by atoms with E-state index >= 15 is 0 Å². The molecule has 1 aromatic rings. The quantitative estimate of drug-likeness (QED) is 0.739. The summed E-state index contributed by atoms with van der Waals surface area (Å²) < 4.78 is 0. The van der Waals surface area contributed by atoms with Crippen molar-refractivity contribution < 1.29 is 15.0 Å². The molecule has 1 aromatic carbocycles. The van der Waals surface area contributed by atoms with Gasteiger partial charge < -0.3 is 15.5 Å². The van der Waals surface area contributed by atoms with Gasteiger partial charge in [-0.1, -0.05) is 37.0 Å². The van der Waals surface area contributed by atoms with Gasteiger partial charge in [0.25, 0.3) is 0 Å². The first kappa shape index (κ1) is 13.9. The highest BCUT2D eigenvalue weighted by Crippen LogP contribution is 2.35. The second kappa shape index (κ2) is 5.47. The summed E-state index contributed by atoms with van der Waals surface area (Å²) in [5.41, 5.74) is 0.457. The SMILES string of the molecule is CC(C)C(Nc1cc(Cl)c(O)c(Cl)c1)C(=O)O. The molecule has 0 spiro atoms. The lowest BCUT2D eigenvalue weighted by Crippen LogP contribution is -2.34. The van der Waals surface area contributed by atoms with E-state index in [0.29, 0.717) is 5.69 Å². The lowest BCUT2D eigenvalue weighted by molar-refractivity contribution is -0.138. The van der Waals surface area contributed by atoms with E-state index in [4.69, 9.17) is 28.3 Å². The zero-order valence-corrected chi connectivity index (χ0v) is 10.9. The van der Waals surface area contributed by atoms with Crippen LogP contribution in [-0.4, -0.2) is 22.2 Å². The number of aliphatic carboxylic acids is 1. The molecule has 0 fully saturated rings. The summed E-state index contributed by atoms with van der Waals surface area (Å²) >= 11 is 11.5. The smallest absolute Gasteiger partial charge is 0.326 e. The Morgan fingerprint density at radius 3 is 2.12 bits per heavy atom. The molecule has 0 saturated carbocycles. The van der Waals surface area contributed by atoms with Crippen molar-refractivity contribution in [2.24, 2.45) is 5.92 Å². The highest BCUT2D eigenvalue weighted by molar-refractivity contribution is 6.37. The Hall–Kier alpha value is -1.13. The Morgan fingerprint density at radius 1 is 1.29 bits per heavy atom. The minimum Gasteiger partial charge on any atom is -0.505 e. The molecule has 1 rings (SSSR count). The number of carboxylic acid groups (broad SMARTS) is 1. The molecule has 0 amide bonds. The second-order valence-electron chi connectivity index (χ2n) is 3.99. The van der Waals surface area contributed by atoms with Crippen molar-refractivity contribution in [3.05, 3.63) is 22.2 Å². The minimum atomic E-state index is -0.958. The third-order valence-electron chi connectivity index (χ3n) is 2.27. The van der Waals surface area contributed by atoms with Crippen LogP contribution in [0.2, 0.25) is 10.0 Å². The molecule has 17 heavy (non-hydrogen) atoms. The fraction of sp³-hybridized carbons (Fsp3) is 0.364. The average molecular weight is 278 g/mol. The van der Waals surface area contributed by atoms with Crippen LogP contribution >= 0.6 is 23.2 Å². The first-order valence-corrected chi connectivity index (χ1v) is 5.76. The second-order valence-corrected chi connectivity index (χ2v) is 4.81. The molecule has 0 aliphatic rings. The number of anilines is 1. The number of phenolic OH excluding ortho intramolecular Hbond substituents is 1. The van der Waals surface area contributed by atoms with E-state index < -0.39 is 12.0 Å². The van der Waals surface area contributed by atoms with Crippen molar-refractivity contribution in [3.63, 3.8) is 0 Å². The van der Waals surface area contributed by atoms with E-state index in [-0.39, 0.29) is 21.7 Å². The van der Waals surface area contributed by atoms with Crippen molar-refractivity contribution in [2.75, 3.05) is 5.32 Å². The van der Waals surface area contributed by atoms with E-state index in [0.717, 1.165) is 0 Å². The van der Waals surface area contributed by atoms with Gasteiger partial charge >= 0.3 is 5.97 Å². The molecule has 94 valence electrons. The maximum atomic E-state index is 11.0. The predicted octanol–water partition coefficient (Wildman–Crippen LogP) is 3.22. The van der Waals surface area contributed by atoms with E-state index in [1.807, 2.05) is 0 Å². The van der Waals surface area contributed by atoms with Crippen LogP contribution in [0.4, 0.5) is 5.69 Å². The first-order valence-electron chi connectivity index (χ1n) is 5.00. The number of hydrogen-bond acceptors (Lipinski definition) is 3. The standard InChI is InChI=1S/C11H13Cl2NO3/c1-5(2)9(11(16)17)14-6-3-7(12)10(15)8(13)4-6/h3-5,9,14-15H,1-2H3,(H,16,17). The summed E-state index contributed by atoms with van der Waals surface area (Å²) in [6.45, 7) is 3.57. The van der Waals surface area contributed by atoms with Gasteiger partial charge in [-0.3, -0.25) is 0 Å². The molecule has 0 aliphatic carbocycles. The first-order chi connectivity index (χ1) is 7.82. The van der Waals surface area contributed by atoms with Crippen LogP contribution in [0.15, 0.2) is 12.1 Å². The maximum absolute atomic E-state index is 11.0. The molecule has 0 bridgehead atoms. The number of aromatic hydroxyl groups is 1. The van der Waals surface area contributed by atoms with Gasteiger partial charge in [-0.25, -0.2) is 4.79 Å². The number of nitrogens with one attached hydrogen (secondary N) is 1. The van der Waals surface area contributed by atoms with Crippen LogP contribution in [0.3, 0.4) is 0 Å².